The smallest absolute Gasteiger partial charge is 0.260 e. The highest BCUT2D eigenvalue weighted by molar-refractivity contribution is 7.89. The Kier molecular flexibility index (Phi) is 9.14. The van der Waals surface area contributed by atoms with Gasteiger partial charge in [-0.2, -0.15) is 4.31 Å². The van der Waals surface area contributed by atoms with Crippen LogP contribution in [0, 0.1) is 0 Å². The van der Waals surface area contributed by atoms with Crippen LogP contribution < -0.4 is 9.64 Å². The standard InChI is InChI=1S/C29H33N3O4S2/c1-4-19-31(20-5-2)38(34,35)24-17-15-23(16-18-24)28(33)32(21-22-11-8-7-9-12-22)29-30-27-25(36-6-3)13-10-14-26(27)37-29/h7-18H,4-6,19-21H2,1-3H3. The van der Waals surface area contributed by atoms with Crippen LogP contribution in [0.15, 0.2) is 77.7 Å². The van der Waals surface area contributed by atoms with Gasteiger partial charge in [-0.15, -0.1) is 0 Å². The van der Waals surface area contributed by atoms with Crippen molar-refractivity contribution in [1.82, 2.24) is 9.29 Å². The van der Waals surface area contributed by atoms with E-state index in [9.17, 15) is 13.2 Å². The molecule has 0 bridgehead atoms. The molecule has 38 heavy (non-hydrogen) atoms. The second-order valence-electron chi connectivity index (χ2n) is 8.84. The van der Waals surface area contributed by atoms with E-state index < -0.39 is 10.0 Å². The lowest BCUT2D eigenvalue weighted by Crippen LogP contribution is -2.33. The summed E-state index contributed by atoms with van der Waals surface area (Å²) in [5, 5.41) is 0.551. The highest BCUT2D eigenvalue weighted by atomic mass is 32.2. The molecule has 1 heterocycles. The molecule has 0 N–H and O–H groups in total. The minimum atomic E-state index is -3.63. The van der Waals surface area contributed by atoms with Gasteiger partial charge in [-0.1, -0.05) is 61.6 Å². The molecular formula is C29H33N3O4S2. The van der Waals surface area contributed by atoms with E-state index in [0.29, 0.717) is 48.2 Å². The maximum absolute atomic E-state index is 13.8. The molecule has 1 aromatic heterocycles. The molecule has 1 amide bonds. The van der Waals surface area contributed by atoms with Gasteiger partial charge in [-0.25, -0.2) is 13.4 Å². The lowest BCUT2D eigenvalue weighted by Gasteiger charge is -2.22. The largest absolute Gasteiger partial charge is 0.492 e. The highest BCUT2D eigenvalue weighted by Crippen LogP contribution is 2.35. The van der Waals surface area contributed by atoms with Gasteiger partial charge in [0.25, 0.3) is 5.91 Å². The molecule has 0 radical (unpaired) electrons. The first kappa shape index (κ1) is 27.8. The van der Waals surface area contributed by atoms with E-state index in [1.807, 2.05) is 69.3 Å². The summed E-state index contributed by atoms with van der Waals surface area (Å²) in [6, 6.07) is 21.7. The normalized spacial score (nSPS) is 11.7. The number of hydrogen-bond acceptors (Lipinski definition) is 6. The fraction of sp³-hybridized carbons (Fsp3) is 0.310. The average molecular weight is 552 g/mol. The van der Waals surface area contributed by atoms with E-state index in [1.54, 1.807) is 17.0 Å². The third-order valence-electron chi connectivity index (χ3n) is 6.02. The van der Waals surface area contributed by atoms with Crippen LogP contribution in [0.3, 0.4) is 0 Å². The van der Waals surface area contributed by atoms with E-state index >= 15 is 0 Å². The van der Waals surface area contributed by atoms with Crippen molar-refractivity contribution in [2.45, 2.75) is 45.1 Å². The van der Waals surface area contributed by atoms with Crippen LogP contribution in [-0.4, -0.2) is 43.3 Å². The van der Waals surface area contributed by atoms with Crippen LogP contribution >= 0.6 is 11.3 Å². The number of para-hydroxylation sites is 1. The van der Waals surface area contributed by atoms with Crippen molar-refractivity contribution in [3.63, 3.8) is 0 Å². The predicted octanol–water partition coefficient (Wildman–Crippen LogP) is 6.35. The third-order valence-corrected chi connectivity index (χ3v) is 8.97. The topological polar surface area (TPSA) is 79.8 Å². The first-order chi connectivity index (χ1) is 18.4. The number of anilines is 1. The number of fused-ring (bicyclic) bond motifs is 1. The summed E-state index contributed by atoms with van der Waals surface area (Å²) in [7, 11) is -3.63. The molecule has 0 aliphatic heterocycles. The molecule has 0 saturated carbocycles. The van der Waals surface area contributed by atoms with Gasteiger partial charge in [0.05, 0.1) is 22.7 Å². The Labute approximate surface area is 228 Å². The molecule has 9 heteroatoms. The number of ether oxygens (including phenoxy) is 1. The Hall–Kier alpha value is -3.27. The van der Waals surface area contributed by atoms with Crippen molar-refractivity contribution in [3.05, 3.63) is 83.9 Å². The summed E-state index contributed by atoms with van der Waals surface area (Å²) >= 11 is 1.42. The third kappa shape index (κ3) is 6.06. The zero-order valence-electron chi connectivity index (χ0n) is 22.0. The number of carbonyl (C=O) groups excluding carboxylic acids is 1. The maximum atomic E-state index is 13.8. The van der Waals surface area contributed by atoms with E-state index in [-0.39, 0.29) is 10.8 Å². The number of carbonyl (C=O) groups is 1. The molecule has 0 atom stereocenters. The number of thiazole rings is 1. The van der Waals surface area contributed by atoms with Crippen LogP contribution in [0.1, 0.15) is 49.5 Å². The first-order valence-corrected chi connectivity index (χ1v) is 15.1. The van der Waals surface area contributed by atoms with Gasteiger partial charge in [0.2, 0.25) is 10.0 Å². The van der Waals surface area contributed by atoms with Gasteiger partial charge in [0, 0.05) is 18.7 Å². The van der Waals surface area contributed by atoms with Crippen molar-refractivity contribution in [2.75, 3.05) is 24.6 Å². The van der Waals surface area contributed by atoms with Crippen molar-refractivity contribution in [1.29, 1.82) is 0 Å². The molecule has 0 unspecified atom stereocenters. The van der Waals surface area contributed by atoms with Crippen molar-refractivity contribution < 1.29 is 17.9 Å². The molecule has 200 valence electrons. The van der Waals surface area contributed by atoms with Gasteiger partial charge < -0.3 is 4.74 Å². The number of benzene rings is 3. The quantitative estimate of drug-likeness (QED) is 0.205. The Balaban J connectivity index is 1.69. The van der Waals surface area contributed by atoms with Gasteiger partial charge in [0.1, 0.15) is 11.3 Å². The summed E-state index contributed by atoms with van der Waals surface area (Å²) in [5.41, 5.74) is 2.06. The minimum Gasteiger partial charge on any atom is -0.492 e. The minimum absolute atomic E-state index is 0.187. The summed E-state index contributed by atoms with van der Waals surface area (Å²) < 4.78 is 34.5. The molecule has 0 saturated heterocycles. The molecule has 0 fully saturated rings. The van der Waals surface area contributed by atoms with E-state index in [4.69, 9.17) is 9.72 Å². The van der Waals surface area contributed by atoms with E-state index in [1.165, 1.54) is 27.8 Å². The summed E-state index contributed by atoms with van der Waals surface area (Å²) in [5.74, 6) is 0.423. The highest BCUT2D eigenvalue weighted by Gasteiger charge is 2.26. The number of amides is 1. The van der Waals surface area contributed by atoms with Gasteiger partial charge in [-0.3, -0.25) is 9.69 Å². The van der Waals surface area contributed by atoms with E-state index in [2.05, 4.69) is 0 Å². The van der Waals surface area contributed by atoms with Crippen LogP contribution in [0.4, 0.5) is 5.13 Å². The molecule has 0 spiro atoms. The van der Waals surface area contributed by atoms with Gasteiger partial charge in [-0.05, 0) is 61.7 Å². The lowest BCUT2D eigenvalue weighted by molar-refractivity contribution is 0.0985. The fourth-order valence-electron chi connectivity index (χ4n) is 4.22. The Morgan fingerprint density at radius 1 is 0.895 bits per heavy atom. The zero-order valence-corrected chi connectivity index (χ0v) is 23.6. The zero-order chi connectivity index (χ0) is 27.1. The van der Waals surface area contributed by atoms with Crippen molar-refractivity contribution in [2.24, 2.45) is 0 Å². The molecular weight excluding hydrogens is 518 g/mol. The van der Waals surface area contributed by atoms with Crippen LogP contribution in [-0.2, 0) is 16.6 Å². The predicted molar refractivity (Wildman–Crippen MR) is 154 cm³/mol. The molecule has 3 aromatic carbocycles. The Morgan fingerprint density at radius 3 is 2.21 bits per heavy atom. The number of nitrogens with zero attached hydrogens (tertiary/aromatic N) is 3. The summed E-state index contributed by atoms with van der Waals surface area (Å²) in [6.07, 6.45) is 1.47. The van der Waals surface area contributed by atoms with Crippen LogP contribution in [0.2, 0.25) is 0 Å². The molecule has 7 nitrogen and oxygen atoms in total. The lowest BCUT2D eigenvalue weighted by atomic mass is 10.1. The molecule has 0 aliphatic carbocycles. The van der Waals surface area contributed by atoms with E-state index in [0.717, 1.165) is 23.1 Å². The second kappa shape index (κ2) is 12.5. The first-order valence-electron chi connectivity index (χ1n) is 12.9. The maximum Gasteiger partial charge on any atom is 0.260 e. The van der Waals surface area contributed by atoms with Crippen LogP contribution in [0.5, 0.6) is 5.75 Å². The fourth-order valence-corrected chi connectivity index (χ4v) is 6.82. The molecule has 4 aromatic rings. The number of hydrogen-bond donors (Lipinski definition) is 0. The SMILES string of the molecule is CCCN(CCC)S(=O)(=O)c1ccc(C(=O)N(Cc2ccccc2)c2nc3c(OCC)cccc3s2)cc1. The summed E-state index contributed by atoms with van der Waals surface area (Å²) in [6.45, 7) is 7.60. The van der Waals surface area contributed by atoms with Crippen molar-refractivity contribution >= 4 is 42.6 Å². The monoisotopic (exact) mass is 551 g/mol. The summed E-state index contributed by atoms with van der Waals surface area (Å²) in [4.78, 5) is 20.5. The number of sulfonamides is 1. The molecule has 0 aliphatic rings. The molecule has 4 rings (SSSR count). The van der Waals surface area contributed by atoms with Gasteiger partial charge in [0.15, 0.2) is 5.13 Å². The Bertz CT molecular complexity index is 1460. The van der Waals surface area contributed by atoms with Crippen LogP contribution in [0.25, 0.3) is 10.2 Å². The average Bonchev–Trinajstić information content (AvgIpc) is 3.37. The number of rotatable bonds is 12. The Morgan fingerprint density at radius 2 is 1.58 bits per heavy atom. The number of aromatic nitrogens is 1. The van der Waals surface area contributed by atoms with Crippen molar-refractivity contribution in [3.8, 4) is 5.75 Å². The van der Waals surface area contributed by atoms with Gasteiger partial charge >= 0.3 is 0 Å². The second-order valence-corrected chi connectivity index (χ2v) is 11.8.